The van der Waals surface area contributed by atoms with Gasteiger partial charge in [0.1, 0.15) is 11.5 Å². The quantitative estimate of drug-likeness (QED) is 0.344. The van der Waals surface area contributed by atoms with E-state index in [9.17, 15) is 9.59 Å². The van der Waals surface area contributed by atoms with Crippen LogP contribution in [0.15, 0.2) is 36.9 Å². The molecule has 0 aliphatic heterocycles. The molecule has 0 fully saturated rings. The van der Waals surface area contributed by atoms with Crippen LogP contribution in [0.3, 0.4) is 0 Å². The molecule has 0 radical (unpaired) electrons. The molecule has 0 N–H and O–H groups in total. The van der Waals surface area contributed by atoms with E-state index in [0.717, 1.165) is 6.08 Å². The highest BCUT2D eigenvalue weighted by Gasteiger charge is 2.03. The van der Waals surface area contributed by atoms with E-state index in [1.807, 2.05) is 0 Å². The molecule has 0 aliphatic rings. The standard InChI is InChI=1S/C10H7ClO4/c1-2-9(12)14-7-4-3-5-8(6-7)15-10(11)13/h2-6H,1H2. The molecule has 0 atom stereocenters. The second-order valence-electron chi connectivity index (χ2n) is 2.44. The number of hydrogen-bond acceptors (Lipinski definition) is 4. The van der Waals surface area contributed by atoms with Gasteiger partial charge >= 0.3 is 11.4 Å². The molecule has 5 heteroatoms. The van der Waals surface area contributed by atoms with Gasteiger partial charge in [-0.05, 0) is 12.1 Å². The van der Waals surface area contributed by atoms with Crippen molar-refractivity contribution >= 4 is 23.0 Å². The zero-order valence-corrected chi connectivity index (χ0v) is 8.36. The summed E-state index contributed by atoms with van der Waals surface area (Å²) in [4.78, 5) is 21.3. The minimum absolute atomic E-state index is 0.198. The van der Waals surface area contributed by atoms with Gasteiger partial charge in [0.05, 0.1) is 0 Å². The molecule has 0 aromatic heterocycles. The fourth-order valence-corrected chi connectivity index (χ4v) is 0.941. The highest BCUT2D eigenvalue weighted by atomic mass is 35.5. The second-order valence-corrected chi connectivity index (χ2v) is 2.75. The van der Waals surface area contributed by atoms with E-state index in [-0.39, 0.29) is 11.5 Å². The maximum atomic E-state index is 10.8. The Balaban J connectivity index is 2.78. The molecule has 0 bridgehead atoms. The van der Waals surface area contributed by atoms with E-state index in [1.165, 1.54) is 18.2 Å². The van der Waals surface area contributed by atoms with Crippen molar-refractivity contribution in [1.29, 1.82) is 0 Å². The summed E-state index contributed by atoms with van der Waals surface area (Å²) in [7, 11) is 0. The highest BCUT2D eigenvalue weighted by molar-refractivity contribution is 6.61. The molecule has 0 aliphatic carbocycles. The highest BCUT2D eigenvalue weighted by Crippen LogP contribution is 2.20. The Morgan fingerprint density at radius 2 is 1.87 bits per heavy atom. The zero-order chi connectivity index (χ0) is 11.3. The molecule has 0 amide bonds. The smallest absolute Gasteiger partial charge is 0.409 e. The van der Waals surface area contributed by atoms with E-state index >= 15 is 0 Å². The van der Waals surface area contributed by atoms with Crippen molar-refractivity contribution in [3.05, 3.63) is 36.9 Å². The van der Waals surface area contributed by atoms with E-state index in [2.05, 4.69) is 11.3 Å². The van der Waals surface area contributed by atoms with Crippen LogP contribution >= 0.6 is 11.6 Å². The lowest BCUT2D eigenvalue weighted by molar-refractivity contribution is -0.128. The Hall–Kier alpha value is -1.81. The summed E-state index contributed by atoms with van der Waals surface area (Å²) in [6, 6.07) is 5.96. The molecule has 0 unspecified atom stereocenters. The fraction of sp³-hybridized carbons (Fsp3) is 0. The number of hydrogen-bond donors (Lipinski definition) is 0. The van der Waals surface area contributed by atoms with Crippen molar-refractivity contribution in [1.82, 2.24) is 0 Å². The van der Waals surface area contributed by atoms with Gasteiger partial charge in [-0.3, -0.25) is 0 Å². The van der Waals surface area contributed by atoms with Crippen LogP contribution < -0.4 is 9.47 Å². The summed E-state index contributed by atoms with van der Waals surface area (Å²) in [5.74, 6) is -0.149. The summed E-state index contributed by atoms with van der Waals surface area (Å²) in [5, 5.41) is 0. The third kappa shape index (κ3) is 3.83. The molecule has 0 saturated carbocycles. The van der Waals surface area contributed by atoms with Crippen LogP contribution in [0, 0.1) is 0 Å². The van der Waals surface area contributed by atoms with E-state index < -0.39 is 11.4 Å². The molecule has 1 aromatic carbocycles. The third-order valence-corrected chi connectivity index (χ3v) is 1.47. The first-order chi connectivity index (χ1) is 7.11. The number of esters is 1. The van der Waals surface area contributed by atoms with Crippen molar-refractivity contribution in [3.63, 3.8) is 0 Å². The van der Waals surface area contributed by atoms with Crippen LogP contribution in [0.4, 0.5) is 4.79 Å². The average molecular weight is 227 g/mol. The maximum Gasteiger partial charge on any atom is 0.409 e. The lowest BCUT2D eigenvalue weighted by Crippen LogP contribution is -2.03. The lowest BCUT2D eigenvalue weighted by atomic mass is 10.3. The Morgan fingerprint density at radius 1 is 1.27 bits per heavy atom. The second kappa shape index (κ2) is 5.17. The van der Waals surface area contributed by atoms with Gasteiger partial charge in [0.15, 0.2) is 0 Å². The van der Waals surface area contributed by atoms with Crippen LogP contribution in [-0.4, -0.2) is 11.4 Å². The fourth-order valence-electron chi connectivity index (χ4n) is 0.852. The molecule has 4 nitrogen and oxygen atoms in total. The molecular weight excluding hydrogens is 220 g/mol. The molecule has 78 valence electrons. The van der Waals surface area contributed by atoms with Gasteiger partial charge in [0.2, 0.25) is 0 Å². The van der Waals surface area contributed by atoms with Crippen LogP contribution in [0.5, 0.6) is 11.5 Å². The van der Waals surface area contributed by atoms with Crippen molar-refractivity contribution in [2.45, 2.75) is 0 Å². The number of ether oxygens (including phenoxy) is 2. The minimum atomic E-state index is -0.956. The van der Waals surface area contributed by atoms with Crippen molar-refractivity contribution in [3.8, 4) is 11.5 Å². The van der Waals surface area contributed by atoms with Crippen molar-refractivity contribution < 1.29 is 19.1 Å². The maximum absolute atomic E-state index is 10.8. The van der Waals surface area contributed by atoms with Crippen molar-refractivity contribution in [2.24, 2.45) is 0 Å². The molecule has 0 saturated heterocycles. The average Bonchev–Trinajstić information content (AvgIpc) is 2.17. The predicted octanol–water partition coefficient (Wildman–Crippen LogP) is 2.52. The SMILES string of the molecule is C=CC(=O)Oc1cccc(OC(=O)Cl)c1. The monoisotopic (exact) mass is 226 g/mol. The number of benzene rings is 1. The molecule has 0 spiro atoms. The first-order valence-corrected chi connectivity index (χ1v) is 4.31. The van der Waals surface area contributed by atoms with Crippen LogP contribution in [0.2, 0.25) is 0 Å². The summed E-state index contributed by atoms with van der Waals surface area (Å²) >= 11 is 5.01. The number of carbonyl (C=O) groups excluding carboxylic acids is 2. The number of halogens is 1. The third-order valence-electron chi connectivity index (χ3n) is 1.39. The Labute approximate surface area is 91.1 Å². The van der Waals surface area contributed by atoms with Crippen LogP contribution in [0.1, 0.15) is 0 Å². The van der Waals surface area contributed by atoms with Crippen molar-refractivity contribution in [2.75, 3.05) is 0 Å². The molecular formula is C10H7ClO4. The van der Waals surface area contributed by atoms with Crippen LogP contribution in [-0.2, 0) is 4.79 Å². The summed E-state index contributed by atoms with van der Waals surface area (Å²) in [5.41, 5.74) is -0.956. The van der Waals surface area contributed by atoms with Gasteiger partial charge < -0.3 is 9.47 Å². The first kappa shape index (κ1) is 11.3. The Morgan fingerprint density at radius 3 is 2.40 bits per heavy atom. The van der Waals surface area contributed by atoms with E-state index in [4.69, 9.17) is 16.3 Å². The van der Waals surface area contributed by atoms with Gasteiger partial charge in [-0.2, -0.15) is 0 Å². The summed E-state index contributed by atoms with van der Waals surface area (Å²) in [6.07, 6.45) is 1.03. The lowest BCUT2D eigenvalue weighted by Gasteiger charge is -2.03. The topological polar surface area (TPSA) is 52.6 Å². The number of carbonyl (C=O) groups is 2. The normalized spacial score (nSPS) is 9.13. The zero-order valence-electron chi connectivity index (χ0n) is 7.60. The van der Waals surface area contributed by atoms with Gasteiger partial charge in [-0.25, -0.2) is 9.59 Å². The van der Waals surface area contributed by atoms with Gasteiger partial charge in [-0.1, -0.05) is 12.6 Å². The Bertz CT molecular complexity index is 400. The minimum Gasteiger partial charge on any atom is -0.423 e. The molecule has 1 aromatic rings. The Kier molecular flexibility index (Phi) is 3.88. The first-order valence-electron chi connectivity index (χ1n) is 3.93. The predicted molar refractivity (Wildman–Crippen MR) is 54.2 cm³/mol. The van der Waals surface area contributed by atoms with Gasteiger partial charge in [0.25, 0.3) is 0 Å². The van der Waals surface area contributed by atoms with Gasteiger partial charge in [0, 0.05) is 23.7 Å². The molecule has 15 heavy (non-hydrogen) atoms. The molecule has 0 heterocycles. The largest absolute Gasteiger partial charge is 0.423 e. The summed E-state index contributed by atoms with van der Waals surface area (Å²) in [6.45, 7) is 3.25. The number of rotatable bonds is 3. The van der Waals surface area contributed by atoms with E-state index in [0.29, 0.717) is 0 Å². The summed E-state index contributed by atoms with van der Waals surface area (Å²) < 4.78 is 9.37. The van der Waals surface area contributed by atoms with Gasteiger partial charge in [-0.15, -0.1) is 0 Å². The van der Waals surface area contributed by atoms with E-state index in [1.54, 1.807) is 6.07 Å². The molecule has 1 rings (SSSR count). The van der Waals surface area contributed by atoms with Crippen LogP contribution in [0.25, 0.3) is 0 Å².